The fraction of sp³-hybridized carbons (Fsp3) is 0.615. The number of hydrogen-bond acceptors (Lipinski definition) is 5. The molecule has 0 aliphatic carbocycles. The van der Waals surface area contributed by atoms with Gasteiger partial charge in [-0.15, -0.1) is 0 Å². The van der Waals surface area contributed by atoms with E-state index in [1.165, 1.54) is 0 Å². The molecule has 7 heteroatoms. The van der Waals surface area contributed by atoms with Gasteiger partial charge in [0.2, 0.25) is 11.8 Å². The van der Waals surface area contributed by atoms with Gasteiger partial charge in [0.1, 0.15) is 6.04 Å². The lowest BCUT2D eigenvalue weighted by Gasteiger charge is -2.19. The molecule has 1 aliphatic rings. The van der Waals surface area contributed by atoms with E-state index < -0.39 is 12.0 Å². The Morgan fingerprint density at radius 2 is 2.35 bits per heavy atom. The van der Waals surface area contributed by atoms with Crippen LogP contribution in [0.15, 0.2) is 10.6 Å². The maximum absolute atomic E-state index is 11.9. The molecule has 1 aliphatic heterocycles. The minimum absolute atomic E-state index is 0.0503. The predicted octanol–water partition coefficient (Wildman–Crippen LogP) is 1.29. The van der Waals surface area contributed by atoms with Crippen LogP contribution in [0.2, 0.25) is 0 Å². The van der Waals surface area contributed by atoms with Crippen molar-refractivity contribution in [1.29, 1.82) is 0 Å². The Labute approximate surface area is 116 Å². The molecule has 1 fully saturated rings. The SMILES string of the molecule is CC(C)c1cc(NC(=O)CN2CCCC2C(=O)O)on1. The maximum Gasteiger partial charge on any atom is 0.320 e. The Morgan fingerprint density at radius 3 is 2.95 bits per heavy atom. The van der Waals surface area contributed by atoms with Crippen LogP contribution in [0.1, 0.15) is 38.3 Å². The zero-order chi connectivity index (χ0) is 14.7. The minimum atomic E-state index is -0.878. The zero-order valence-electron chi connectivity index (χ0n) is 11.6. The molecule has 0 spiro atoms. The number of carbonyl (C=O) groups excluding carboxylic acids is 1. The molecule has 2 heterocycles. The second kappa shape index (κ2) is 6.04. The molecule has 1 aromatic rings. The number of amides is 1. The second-order valence-electron chi connectivity index (χ2n) is 5.29. The number of nitrogens with one attached hydrogen (secondary N) is 1. The van der Waals surface area contributed by atoms with Crippen molar-refractivity contribution in [1.82, 2.24) is 10.1 Å². The summed E-state index contributed by atoms with van der Waals surface area (Å²) >= 11 is 0. The van der Waals surface area contributed by atoms with Gasteiger partial charge in [-0.05, 0) is 25.3 Å². The number of anilines is 1. The van der Waals surface area contributed by atoms with Crippen LogP contribution in [0.4, 0.5) is 5.88 Å². The van der Waals surface area contributed by atoms with Crippen molar-refractivity contribution in [3.8, 4) is 0 Å². The summed E-state index contributed by atoms with van der Waals surface area (Å²) in [5.74, 6) is -0.647. The summed E-state index contributed by atoms with van der Waals surface area (Å²) in [6.45, 7) is 4.63. The van der Waals surface area contributed by atoms with Crippen LogP contribution in [0, 0.1) is 0 Å². The molecule has 2 rings (SSSR count). The normalized spacial score (nSPS) is 19.4. The first-order valence-corrected chi connectivity index (χ1v) is 6.70. The summed E-state index contributed by atoms with van der Waals surface area (Å²) < 4.78 is 5.02. The summed E-state index contributed by atoms with van der Waals surface area (Å²) in [5.41, 5.74) is 0.768. The number of nitrogens with zero attached hydrogens (tertiary/aromatic N) is 2. The summed E-state index contributed by atoms with van der Waals surface area (Å²) in [6.07, 6.45) is 1.38. The molecule has 0 aromatic carbocycles. The highest BCUT2D eigenvalue weighted by atomic mass is 16.5. The van der Waals surface area contributed by atoms with Crippen molar-refractivity contribution < 1.29 is 19.2 Å². The van der Waals surface area contributed by atoms with Crippen LogP contribution in [0.3, 0.4) is 0 Å². The number of carbonyl (C=O) groups is 2. The minimum Gasteiger partial charge on any atom is -0.480 e. The van der Waals surface area contributed by atoms with Gasteiger partial charge in [0.25, 0.3) is 0 Å². The van der Waals surface area contributed by atoms with Gasteiger partial charge in [-0.3, -0.25) is 19.8 Å². The average Bonchev–Trinajstić information content (AvgIpc) is 2.97. The molecular formula is C13H19N3O4. The molecule has 1 unspecified atom stereocenters. The number of hydrogen-bond donors (Lipinski definition) is 2. The fourth-order valence-corrected chi connectivity index (χ4v) is 2.28. The molecule has 110 valence electrons. The van der Waals surface area contributed by atoms with E-state index in [1.807, 2.05) is 13.8 Å². The first-order chi connectivity index (χ1) is 9.47. The summed E-state index contributed by atoms with van der Waals surface area (Å²) in [7, 11) is 0. The highest BCUT2D eigenvalue weighted by Crippen LogP contribution is 2.19. The Kier molecular flexibility index (Phi) is 4.39. The van der Waals surface area contributed by atoms with Gasteiger partial charge in [0.15, 0.2) is 0 Å². The van der Waals surface area contributed by atoms with Gasteiger partial charge >= 0.3 is 5.97 Å². The first kappa shape index (κ1) is 14.5. The molecule has 1 saturated heterocycles. The first-order valence-electron chi connectivity index (χ1n) is 6.70. The summed E-state index contributed by atoms with van der Waals surface area (Å²) in [6, 6.07) is 1.11. The van der Waals surface area contributed by atoms with Crippen molar-refractivity contribution in [3.63, 3.8) is 0 Å². The van der Waals surface area contributed by atoms with Crippen molar-refractivity contribution in [2.45, 2.75) is 38.6 Å². The Balaban J connectivity index is 1.90. The second-order valence-corrected chi connectivity index (χ2v) is 5.29. The van der Waals surface area contributed by atoms with Gasteiger partial charge in [-0.2, -0.15) is 0 Å². The fourth-order valence-electron chi connectivity index (χ4n) is 2.28. The van der Waals surface area contributed by atoms with E-state index >= 15 is 0 Å². The molecule has 0 radical (unpaired) electrons. The third kappa shape index (κ3) is 3.36. The third-order valence-electron chi connectivity index (χ3n) is 3.38. The van der Waals surface area contributed by atoms with E-state index in [1.54, 1.807) is 11.0 Å². The smallest absolute Gasteiger partial charge is 0.320 e. The van der Waals surface area contributed by atoms with Crippen molar-refractivity contribution in [2.75, 3.05) is 18.4 Å². The number of aromatic nitrogens is 1. The molecule has 1 atom stereocenters. The predicted molar refractivity (Wildman–Crippen MR) is 71.5 cm³/mol. The third-order valence-corrected chi connectivity index (χ3v) is 3.38. The number of rotatable bonds is 5. The van der Waals surface area contributed by atoms with Crippen LogP contribution in [0.25, 0.3) is 0 Å². The monoisotopic (exact) mass is 281 g/mol. The van der Waals surface area contributed by atoms with E-state index in [0.29, 0.717) is 18.8 Å². The molecule has 1 aromatic heterocycles. The number of carboxylic acid groups (broad SMARTS) is 1. The van der Waals surface area contributed by atoms with Crippen LogP contribution in [-0.2, 0) is 9.59 Å². The number of aliphatic carboxylic acids is 1. The van der Waals surface area contributed by atoms with Gasteiger partial charge in [-0.1, -0.05) is 19.0 Å². The van der Waals surface area contributed by atoms with E-state index in [4.69, 9.17) is 9.63 Å². The van der Waals surface area contributed by atoms with Gasteiger partial charge in [0.05, 0.1) is 12.2 Å². The van der Waals surface area contributed by atoms with Crippen molar-refractivity contribution in [3.05, 3.63) is 11.8 Å². The molecule has 20 heavy (non-hydrogen) atoms. The molecule has 0 saturated carbocycles. The molecular weight excluding hydrogens is 262 g/mol. The Bertz CT molecular complexity index is 498. The van der Waals surface area contributed by atoms with Crippen molar-refractivity contribution >= 4 is 17.8 Å². The van der Waals surface area contributed by atoms with Crippen LogP contribution in [-0.4, -0.2) is 46.2 Å². The average molecular weight is 281 g/mol. The molecule has 0 bridgehead atoms. The van der Waals surface area contributed by atoms with Gasteiger partial charge in [0, 0.05) is 6.07 Å². The molecule has 2 N–H and O–H groups in total. The van der Waals surface area contributed by atoms with E-state index in [9.17, 15) is 9.59 Å². The highest BCUT2D eigenvalue weighted by Gasteiger charge is 2.31. The largest absolute Gasteiger partial charge is 0.480 e. The van der Waals surface area contributed by atoms with Crippen LogP contribution < -0.4 is 5.32 Å². The summed E-state index contributed by atoms with van der Waals surface area (Å²) in [4.78, 5) is 24.6. The van der Waals surface area contributed by atoms with Gasteiger partial charge < -0.3 is 9.63 Å². The van der Waals surface area contributed by atoms with E-state index in [0.717, 1.165) is 12.1 Å². The lowest BCUT2D eigenvalue weighted by atomic mass is 10.1. The van der Waals surface area contributed by atoms with E-state index in [-0.39, 0.29) is 18.4 Å². The van der Waals surface area contributed by atoms with Crippen molar-refractivity contribution in [2.24, 2.45) is 0 Å². The number of carboxylic acids is 1. The Morgan fingerprint density at radius 1 is 1.60 bits per heavy atom. The van der Waals surface area contributed by atoms with Crippen LogP contribution >= 0.6 is 0 Å². The maximum atomic E-state index is 11.9. The summed E-state index contributed by atoms with van der Waals surface area (Å²) in [5, 5.41) is 15.5. The van der Waals surface area contributed by atoms with E-state index in [2.05, 4.69) is 10.5 Å². The zero-order valence-corrected chi connectivity index (χ0v) is 11.6. The topological polar surface area (TPSA) is 95.7 Å². The van der Waals surface area contributed by atoms with Crippen LogP contribution in [0.5, 0.6) is 0 Å². The Hall–Kier alpha value is -1.89. The van der Waals surface area contributed by atoms with Gasteiger partial charge in [-0.25, -0.2) is 0 Å². The quantitative estimate of drug-likeness (QED) is 0.844. The number of likely N-dealkylation sites (tertiary alicyclic amines) is 1. The highest BCUT2D eigenvalue weighted by molar-refractivity contribution is 5.91. The lowest BCUT2D eigenvalue weighted by Crippen LogP contribution is -2.40. The standard InChI is InChI=1S/C13H19N3O4/c1-8(2)9-6-12(20-15-9)14-11(17)7-16-5-3-4-10(16)13(18)19/h6,8,10H,3-5,7H2,1-2H3,(H,14,17)(H,18,19). The molecule has 1 amide bonds. The lowest BCUT2D eigenvalue weighted by molar-refractivity contribution is -0.142. The molecule has 7 nitrogen and oxygen atoms in total.